The first-order valence-corrected chi connectivity index (χ1v) is 9.78. The quantitative estimate of drug-likeness (QED) is 0.587. The van der Waals surface area contributed by atoms with Crippen molar-refractivity contribution in [2.75, 3.05) is 13.2 Å². The third-order valence-corrected chi connectivity index (χ3v) is 4.77. The summed E-state index contributed by atoms with van der Waals surface area (Å²) in [4.78, 5) is 13.0. The Morgan fingerprint density at radius 1 is 1.21 bits per heavy atom. The van der Waals surface area contributed by atoms with Crippen molar-refractivity contribution in [2.45, 2.75) is 46.7 Å². The second-order valence-electron chi connectivity index (χ2n) is 7.42. The molecule has 0 saturated heterocycles. The van der Waals surface area contributed by atoms with Crippen LogP contribution in [0.5, 0.6) is 5.75 Å². The van der Waals surface area contributed by atoms with Gasteiger partial charge in [0, 0.05) is 25.2 Å². The van der Waals surface area contributed by atoms with Crippen LogP contribution in [0.2, 0.25) is 0 Å². The van der Waals surface area contributed by atoms with Gasteiger partial charge in [-0.1, -0.05) is 50.1 Å². The summed E-state index contributed by atoms with van der Waals surface area (Å²) in [5.41, 5.74) is 2.57. The summed E-state index contributed by atoms with van der Waals surface area (Å²) in [6.07, 6.45) is 1.07. The number of carbonyl (C=O) groups is 1. The van der Waals surface area contributed by atoms with Gasteiger partial charge in [-0.25, -0.2) is 4.39 Å². The SMILES string of the molecule is CCC(C)COc1cccc(CN(CCC(=O)O)Cc2cc(C)ccc2F)c1. The Bertz CT molecular complexity index is 778. The molecule has 5 heteroatoms. The van der Waals surface area contributed by atoms with Gasteiger partial charge in [0.15, 0.2) is 0 Å². The zero-order valence-corrected chi connectivity index (χ0v) is 17.0. The fourth-order valence-corrected chi connectivity index (χ4v) is 2.88. The van der Waals surface area contributed by atoms with E-state index < -0.39 is 5.97 Å². The molecule has 0 amide bonds. The van der Waals surface area contributed by atoms with Crippen LogP contribution >= 0.6 is 0 Å². The number of carboxylic acid groups (broad SMARTS) is 1. The molecule has 4 nitrogen and oxygen atoms in total. The monoisotopic (exact) mass is 387 g/mol. The van der Waals surface area contributed by atoms with E-state index in [1.165, 1.54) is 6.07 Å². The summed E-state index contributed by atoms with van der Waals surface area (Å²) < 4.78 is 20.0. The molecule has 0 aromatic heterocycles. The lowest BCUT2D eigenvalue weighted by Crippen LogP contribution is -2.26. The topological polar surface area (TPSA) is 49.8 Å². The molecule has 0 heterocycles. The minimum absolute atomic E-state index is 0.0115. The van der Waals surface area contributed by atoms with Crippen molar-refractivity contribution in [3.8, 4) is 5.75 Å². The lowest BCUT2D eigenvalue weighted by Gasteiger charge is -2.23. The van der Waals surface area contributed by atoms with Crippen LogP contribution in [0.3, 0.4) is 0 Å². The predicted octanol–water partition coefficient (Wildman–Crippen LogP) is 5.04. The number of nitrogens with zero attached hydrogens (tertiary/aromatic N) is 1. The van der Waals surface area contributed by atoms with E-state index in [9.17, 15) is 9.18 Å². The van der Waals surface area contributed by atoms with E-state index in [0.29, 0.717) is 37.7 Å². The van der Waals surface area contributed by atoms with E-state index in [-0.39, 0.29) is 12.2 Å². The van der Waals surface area contributed by atoms with Gasteiger partial charge in [-0.15, -0.1) is 0 Å². The van der Waals surface area contributed by atoms with E-state index in [1.54, 1.807) is 6.07 Å². The highest BCUT2D eigenvalue weighted by molar-refractivity contribution is 5.66. The fraction of sp³-hybridized carbons (Fsp3) is 0.435. The van der Waals surface area contributed by atoms with Crippen LogP contribution < -0.4 is 4.74 Å². The van der Waals surface area contributed by atoms with Crippen molar-refractivity contribution in [3.05, 3.63) is 65.0 Å². The number of halogens is 1. The van der Waals surface area contributed by atoms with Gasteiger partial charge in [0.2, 0.25) is 0 Å². The smallest absolute Gasteiger partial charge is 0.304 e. The van der Waals surface area contributed by atoms with Crippen LogP contribution in [-0.4, -0.2) is 29.1 Å². The Labute approximate surface area is 166 Å². The highest BCUT2D eigenvalue weighted by Gasteiger charge is 2.13. The van der Waals surface area contributed by atoms with Crippen molar-refractivity contribution in [2.24, 2.45) is 5.92 Å². The summed E-state index contributed by atoms with van der Waals surface area (Å²) in [5, 5.41) is 9.06. The molecule has 28 heavy (non-hydrogen) atoms. The molecule has 0 spiro atoms. The van der Waals surface area contributed by atoms with Crippen molar-refractivity contribution < 1.29 is 19.0 Å². The first kappa shape index (κ1) is 21.9. The van der Waals surface area contributed by atoms with Crippen LogP contribution in [0, 0.1) is 18.7 Å². The van der Waals surface area contributed by atoms with Gasteiger partial charge in [0.25, 0.3) is 0 Å². The molecule has 0 radical (unpaired) electrons. The summed E-state index contributed by atoms with van der Waals surface area (Å²) in [6, 6.07) is 12.8. The minimum Gasteiger partial charge on any atom is -0.493 e. The average Bonchev–Trinajstić information content (AvgIpc) is 2.67. The number of benzene rings is 2. The normalized spacial score (nSPS) is 12.2. The zero-order chi connectivity index (χ0) is 20.5. The van der Waals surface area contributed by atoms with Crippen LogP contribution in [0.25, 0.3) is 0 Å². The molecular formula is C23H30FNO3. The number of hydrogen-bond acceptors (Lipinski definition) is 3. The van der Waals surface area contributed by atoms with Gasteiger partial charge in [0.1, 0.15) is 11.6 Å². The Morgan fingerprint density at radius 2 is 2.00 bits per heavy atom. The molecule has 1 N–H and O–H groups in total. The molecule has 152 valence electrons. The molecule has 0 aliphatic heterocycles. The number of hydrogen-bond donors (Lipinski definition) is 1. The van der Waals surface area contributed by atoms with Gasteiger partial charge >= 0.3 is 5.97 Å². The van der Waals surface area contributed by atoms with E-state index in [4.69, 9.17) is 9.84 Å². The lowest BCUT2D eigenvalue weighted by molar-refractivity contribution is -0.137. The molecule has 2 aromatic carbocycles. The first-order valence-electron chi connectivity index (χ1n) is 9.78. The van der Waals surface area contributed by atoms with Crippen molar-refractivity contribution in [1.82, 2.24) is 4.90 Å². The number of ether oxygens (including phenoxy) is 1. The summed E-state index contributed by atoms with van der Waals surface area (Å²) in [7, 11) is 0. The van der Waals surface area contributed by atoms with Crippen LogP contribution in [-0.2, 0) is 17.9 Å². The van der Waals surface area contributed by atoms with E-state index in [0.717, 1.165) is 23.3 Å². The van der Waals surface area contributed by atoms with E-state index in [2.05, 4.69) is 13.8 Å². The van der Waals surface area contributed by atoms with E-state index >= 15 is 0 Å². The molecule has 0 fully saturated rings. The molecular weight excluding hydrogens is 357 g/mol. The summed E-state index contributed by atoms with van der Waals surface area (Å²) in [6.45, 7) is 8.10. The maximum Gasteiger partial charge on any atom is 0.304 e. The van der Waals surface area contributed by atoms with Gasteiger partial charge in [0.05, 0.1) is 13.0 Å². The van der Waals surface area contributed by atoms with Crippen molar-refractivity contribution in [1.29, 1.82) is 0 Å². The van der Waals surface area contributed by atoms with Crippen molar-refractivity contribution >= 4 is 5.97 Å². The number of aryl methyl sites for hydroxylation is 1. The highest BCUT2D eigenvalue weighted by Crippen LogP contribution is 2.19. The Hall–Kier alpha value is -2.40. The minimum atomic E-state index is -0.861. The summed E-state index contributed by atoms with van der Waals surface area (Å²) >= 11 is 0. The maximum atomic E-state index is 14.2. The third-order valence-electron chi connectivity index (χ3n) is 4.77. The number of rotatable bonds is 11. The summed E-state index contributed by atoms with van der Waals surface area (Å²) in [5.74, 6) is 0.162. The van der Waals surface area contributed by atoms with Crippen LogP contribution in [0.15, 0.2) is 42.5 Å². The molecule has 0 bridgehead atoms. The molecule has 0 aliphatic carbocycles. The largest absolute Gasteiger partial charge is 0.493 e. The molecule has 0 aliphatic rings. The number of carboxylic acids is 1. The second kappa shape index (κ2) is 10.8. The van der Waals surface area contributed by atoms with Gasteiger partial charge < -0.3 is 9.84 Å². The van der Waals surface area contributed by atoms with Crippen LogP contribution in [0.4, 0.5) is 4.39 Å². The predicted molar refractivity (Wildman–Crippen MR) is 109 cm³/mol. The number of aliphatic carboxylic acids is 1. The molecule has 0 saturated carbocycles. The van der Waals surface area contributed by atoms with Crippen LogP contribution in [0.1, 0.15) is 43.4 Å². The fourth-order valence-electron chi connectivity index (χ4n) is 2.88. The Balaban J connectivity index is 2.11. The molecule has 1 atom stereocenters. The molecule has 2 aromatic rings. The lowest BCUT2D eigenvalue weighted by atomic mass is 10.1. The third kappa shape index (κ3) is 7.31. The Kier molecular flexibility index (Phi) is 8.45. The Morgan fingerprint density at radius 3 is 2.71 bits per heavy atom. The van der Waals surface area contributed by atoms with Gasteiger partial charge in [-0.2, -0.15) is 0 Å². The zero-order valence-electron chi connectivity index (χ0n) is 17.0. The maximum absolute atomic E-state index is 14.2. The molecule has 2 rings (SSSR count). The van der Waals surface area contributed by atoms with Crippen molar-refractivity contribution in [3.63, 3.8) is 0 Å². The first-order chi connectivity index (χ1) is 13.4. The molecule has 1 unspecified atom stereocenters. The second-order valence-corrected chi connectivity index (χ2v) is 7.42. The van der Waals surface area contributed by atoms with E-state index in [1.807, 2.05) is 42.2 Å². The standard InChI is InChI=1S/C23H30FNO3/c1-4-17(2)16-28-21-7-5-6-19(13-21)14-25(11-10-23(26)27)15-20-12-18(3)8-9-22(20)24/h5-9,12-13,17H,4,10-11,14-16H2,1-3H3,(H,26,27). The van der Waals surface area contributed by atoms with Gasteiger partial charge in [-0.05, 0) is 36.6 Å². The average molecular weight is 387 g/mol. The highest BCUT2D eigenvalue weighted by atomic mass is 19.1. The van der Waals surface area contributed by atoms with Gasteiger partial charge in [-0.3, -0.25) is 9.69 Å².